The van der Waals surface area contributed by atoms with Crippen molar-refractivity contribution < 1.29 is 4.79 Å². The summed E-state index contributed by atoms with van der Waals surface area (Å²) in [5.41, 5.74) is 2.81. The fraction of sp³-hybridized carbons (Fsp3) is 0.158. The van der Waals surface area contributed by atoms with Gasteiger partial charge in [0.25, 0.3) is 5.91 Å². The number of amides is 1. The van der Waals surface area contributed by atoms with E-state index in [1.54, 1.807) is 17.1 Å². The molecule has 0 saturated heterocycles. The number of rotatable bonds is 5. The van der Waals surface area contributed by atoms with Crippen LogP contribution in [0.2, 0.25) is 0 Å². The van der Waals surface area contributed by atoms with Crippen molar-refractivity contribution in [3.05, 3.63) is 89.7 Å². The van der Waals surface area contributed by atoms with E-state index >= 15 is 0 Å². The fourth-order valence-corrected chi connectivity index (χ4v) is 2.44. The second kappa shape index (κ2) is 6.92. The summed E-state index contributed by atoms with van der Waals surface area (Å²) in [6.45, 7) is 2.63. The Hall–Kier alpha value is -2.88. The maximum atomic E-state index is 12.3. The predicted octanol–water partition coefficient (Wildman–Crippen LogP) is 3.42. The van der Waals surface area contributed by atoms with Gasteiger partial charge in [0.2, 0.25) is 0 Å². The Balaban J connectivity index is 1.64. The maximum Gasteiger partial charge on any atom is 0.254 e. The molecule has 1 atom stereocenters. The summed E-state index contributed by atoms with van der Waals surface area (Å²) in [6, 6.07) is 19.9. The molecule has 23 heavy (non-hydrogen) atoms. The van der Waals surface area contributed by atoms with Crippen molar-refractivity contribution in [2.45, 2.75) is 19.5 Å². The standard InChI is InChI=1S/C19H19N3O/c1-15(17-10-6-3-7-11-17)21-19(23)18-12-20-22(14-18)13-16-8-4-2-5-9-16/h2-12,14-15H,13H2,1H3,(H,21,23). The highest BCUT2D eigenvalue weighted by molar-refractivity contribution is 5.93. The molecule has 1 aromatic heterocycles. The molecule has 0 fully saturated rings. The van der Waals surface area contributed by atoms with Crippen LogP contribution < -0.4 is 5.32 Å². The van der Waals surface area contributed by atoms with Crippen LogP contribution in [0.15, 0.2) is 73.1 Å². The van der Waals surface area contributed by atoms with E-state index in [0.717, 1.165) is 11.1 Å². The number of carbonyl (C=O) groups is 1. The Morgan fingerprint density at radius 2 is 1.74 bits per heavy atom. The molecule has 116 valence electrons. The Labute approximate surface area is 135 Å². The van der Waals surface area contributed by atoms with Crippen LogP contribution in [0.4, 0.5) is 0 Å². The van der Waals surface area contributed by atoms with Gasteiger partial charge in [0, 0.05) is 6.20 Å². The van der Waals surface area contributed by atoms with Crippen molar-refractivity contribution in [1.29, 1.82) is 0 Å². The first kappa shape index (κ1) is 15.0. The number of benzene rings is 2. The minimum absolute atomic E-state index is 0.0406. The average Bonchev–Trinajstić information content (AvgIpc) is 3.05. The van der Waals surface area contributed by atoms with E-state index in [9.17, 15) is 4.79 Å². The van der Waals surface area contributed by atoms with E-state index in [4.69, 9.17) is 0 Å². The number of hydrogen-bond donors (Lipinski definition) is 1. The largest absolute Gasteiger partial charge is 0.345 e. The third-order valence-corrected chi connectivity index (χ3v) is 3.73. The van der Waals surface area contributed by atoms with E-state index in [1.807, 2.05) is 67.6 Å². The van der Waals surface area contributed by atoms with Crippen LogP contribution in [0.3, 0.4) is 0 Å². The molecule has 1 N–H and O–H groups in total. The van der Waals surface area contributed by atoms with Gasteiger partial charge in [-0.1, -0.05) is 60.7 Å². The summed E-state index contributed by atoms with van der Waals surface area (Å²) in [7, 11) is 0. The van der Waals surface area contributed by atoms with Gasteiger partial charge < -0.3 is 5.32 Å². The summed E-state index contributed by atoms with van der Waals surface area (Å²) < 4.78 is 1.78. The third kappa shape index (κ3) is 3.86. The molecule has 1 heterocycles. The molecule has 0 aliphatic heterocycles. The van der Waals surface area contributed by atoms with E-state index in [0.29, 0.717) is 12.1 Å². The van der Waals surface area contributed by atoms with Gasteiger partial charge in [-0.25, -0.2) is 0 Å². The second-order valence-corrected chi connectivity index (χ2v) is 5.52. The van der Waals surface area contributed by atoms with Gasteiger partial charge >= 0.3 is 0 Å². The molecule has 0 bridgehead atoms. The van der Waals surface area contributed by atoms with Gasteiger partial charge in [-0.2, -0.15) is 5.10 Å². The third-order valence-electron chi connectivity index (χ3n) is 3.73. The molecule has 0 aliphatic rings. The smallest absolute Gasteiger partial charge is 0.254 e. The molecule has 0 aliphatic carbocycles. The van der Waals surface area contributed by atoms with Crippen molar-refractivity contribution in [1.82, 2.24) is 15.1 Å². The fourth-order valence-electron chi connectivity index (χ4n) is 2.44. The molecular formula is C19H19N3O. The molecule has 1 unspecified atom stereocenters. The van der Waals surface area contributed by atoms with Crippen LogP contribution in [-0.2, 0) is 6.54 Å². The van der Waals surface area contributed by atoms with Crippen molar-refractivity contribution in [3.8, 4) is 0 Å². The molecular weight excluding hydrogens is 286 g/mol. The average molecular weight is 305 g/mol. The highest BCUT2D eigenvalue weighted by atomic mass is 16.1. The zero-order valence-electron chi connectivity index (χ0n) is 13.0. The summed E-state index contributed by atoms with van der Waals surface area (Å²) in [5.74, 6) is -0.110. The van der Waals surface area contributed by atoms with Crippen LogP contribution >= 0.6 is 0 Å². The molecule has 0 saturated carbocycles. The Morgan fingerprint density at radius 3 is 2.43 bits per heavy atom. The van der Waals surface area contributed by atoms with Gasteiger partial charge in [0.05, 0.1) is 24.3 Å². The topological polar surface area (TPSA) is 46.9 Å². The first-order chi connectivity index (χ1) is 11.2. The van der Waals surface area contributed by atoms with Gasteiger partial charge in [0.1, 0.15) is 0 Å². The van der Waals surface area contributed by atoms with E-state index < -0.39 is 0 Å². The molecule has 3 rings (SSSR count). The van der Waals surface area contributed by atoms with Gasteiger partial charge in [-0.3, -0.25) is 9.48 Å². The molecule has 3 aromatic rings. The van der Waals surface area contributed by atoms with Crippen molar-refractivity contribution in [2.75, 3.05) is 0 Å². The van der Waals surface area contributed by atoms with Crippen molar-refractivity contribution >= 4 is 5.91 Å². The summed E-state index contributed by atoms with van der Waals surface area (Å²) in [4.78, 5) is 12.3. The van der Waals surface area contributed by atoms with Crippen LogP contribution in [0.1, 0.15) is 34.5 Å². The van der Waals surface area contributed by atoms with Crippen LogP contribution in [0.25, 0.3) is 0 Å². The number of aromatic nitrogens is 2. The highest BCUT2D eigenvalue weighted by Crippen LogP contribution is 2.12. The first-order valence-corrected chi connectivity index (χ1v) is 7.64. The number of nitrogens with zero attached hydrogens (tertiary/aromatic N) is 2. The Bertz CT molecular complexity index is 766. The van der Waals surface area contributed by atoms with Gasteiger partial charge in [-0.05, 0) is 18.1 Å². The summed E-state index contributed by atoms with van der Waals surface area (Å²) in [5, 5.41) is 7.27. The van der Waals surface area contributed by atoms with E-state index in [1.165, 1.54) is 0 Å². The van der Waals surface area contributed by atoms with Crippen molar-refractivity contribution in [3.63, 3.8) is 0 Å². The Kier molecular flexibility index (Phi) is 4.52. The summed E-state index contributed by atoms with van der Waals surface area (Å²) in [6.07, 6.45) is 3.38. The lowest BCUT2D eigenvalue weighted by molar-refractivity contribution is 0.0940. The molecule has 4 nitrogen and oxygen atoms in total. The van der Waals surface area contributed by atoms with Crippen molar-refractivity contribution in [2.24, 2.45) is 0 Å². The van der Waals surface area contributed by atoms with Crippen LogP contribution in [-0.4, -0.2) is 15.7 Å². The first-order valence-electron chi connectivity index (χ1n) is 7.64. The highest BCUT2D eigenvalue weighted by Gasteiger charge is 2.13. The lowest BCUT2D eigenvalue weighted by Gasteiger charge is -2.13. The minimum Gasteiger partial charge on any atom is -0.345 e. The molecule has 2 aromatic carbocycles. The zero-order valence-corrected chi connectivity index (χ0v) is 13.0. The van der Waals surface area contributed by atoms with Gasteiger partial charge in [-0.15, -0.1) is 0 Å². The van der Waals surface area contributed by atoms with Gasteiger partial charge in [0.15, 0.2) is 0 Å². The monoisotopic (exact) mass is 305 g/mol. The minimum atomic E-state index is -0.110. The zero-order chi connectivity index (χ0) is 16.1. The molecule has 0 spiro atoms. The normalized spacial score (nSPS) is 11.9. The maximum absolute atomic E-state index is 12.3. The molecule has 1 amide bonds. The SMILES string of the molecule is CC(NC(=O)c1cnn(Cc2ccccc2)c1)c1ccccc1. The molecule has 0 radical (unpaired) electrons. The van der Waals surface area contributed by atoms with E-state index in [2.05, 4.69) is 10.4 Å². The number of hydrogen-bond acceptors (Lipinski definition) is 2. The number of carbonyl (C=O) groups excluding carboxylic acids is 1. The second-order valence-electron chi connectivity index (χ2n) is 5.52. The number of nitrogens with one attached hydrogen (secondary N) is 1. The van der Waals surface area contributed by atoms with Crippen LogP contribution in [0, 0.1) is 0 Å². The lowest BCUT2D eigenvalue weighted by atomic mass is 10.1. The quantitative estimate of drug-likeness (QED) is 0.785. The molecule has 4 heteroatoms. The van der Waals surface area contributed by atoms with E-state index in [-0.39, 0.29) is 11.9 Å². The lowest BCUT2D eigenvalue weighted by Crippen LogP contribution is -2.26. The predicted molar refractivity (Wildman–Crippen MR) is 90.1 cm³/mol. The summed E-state index contributed by atoms with van der Waals surface area (Å²) >= 11 is 0. The van der Waals surface area contributed by atoms with Crippen LogP contribution in [0.5, 0.6) is 0 Å². The Morgan fingerprint density at radius 1 is 1.09 bits per heavy atom.